The summed E-state index contributed by atoms with van der Waals surface area (Å²) in [4.78, 5) is 11.9. The fourth-order valence-corrected chi connectivity index (χ4v) is 2.15. The van der Waals surface area contributed by atoms with Crippen molar-refractivity contribution in [1.82, 2.24) is 0 Å². The quantitative estimate of drug-likeness (QED) is 0.615. The van der Waals surface area contributed by atoms with E-state index >= 15 is 0 Å². The second-order valence-corrected chi connectivity index (χ2v) is 4.77. The lowest BCUT2D eigenvalue weighted by Gasteiger charge is -2.17. The van der Waals surface area contributed by atoms with Crippen molar-refractivity contribution in [2.45, 2.75) is 11.4 Å². The van der Waals surface area contributed by atoms with Gasteiger partial charge in [-0.05, 0) is 17.7 Å². The van der Waals surface area contributed by atoms with Crippen LogP contribution in [-0.2, 0) is 14.9 Å². The molecule has 2 aromatic carbocycles. The van der Waals surface area contributed by atoms with Crippen LogP contribution < -0.4 is 4.74 Å². The van der Waals surface area contributed by atoms with Gasteiger partial charge in [0.25, 0.3) is 0 Å². The van der Waals surface area contributed by atoms with E-state index in [0.717, 1.165) is 16.5 Å². The van der Waals surface area contributed by atoms with Gasteiger partial charge in [-0.3, -0.25) is 0 Å². The molecule has 0 aliphatic rings. The van der Waals surface area contributed by atoms with Gasteiger partial charge in [0.05, 0.1) is 7.11 Å². The molecule has 0 aromatic heterocycles. The minimum absolute atomic E-state index is 0.416. The van der Waals surface area contributed by atoms with Gasteiger partial charge < -0.3 is 9.47 Å². The predicted octanol–water partition coefficient (Wildman–Crippen LogP) is 3.87. The van der Waals surface area contributed by atoms with Crippen LogP contribution in [0, 0.1) is 0 Å². The third kappa shape index (κ3) is 3.61. The van der Waals surface area contributed by atoms with E-state index in [9.17, 15) is 4.79 Å². The molecule has 0 aliphatic heterocycles. The monoisotopic (exact) mass is 334 g/mol. The van der Waals surface area contributed by atoms with E-state index in [1.54, 1.807) is 0 Å². The summed E-state index contributed by atoms with van der Waals surface area (Å²) in [5.41, 5.74) is 1.91. The van der Waals surface area contributed by atoms with Gasteiger partial charge >= 0.3 is 5.97 Å². The highest BCUT2D eigenvalue weighted by Gasteiger charge is 2.23. The molecule has 0 heterocycles. The molecular formula is C16H15BrO3. The number of halogens is 1. The van der Waals surface area contributed by atoms with Gasteiger partial charge in [0, 0.05) is 10.9 Å². The van der Waals surface area contributed by atoms with Crippen LogP contribution in [0.1, 0.15) is 17.2 Å². The molecule has 0 spiro atoms. The maximum atomic E-state index is 11.9. The van der Waals surface area contributed by atoms with Gasteiger partial charge in [0.15, 0.2) is 0 Å². The lowest BCUT2D eigenvalue weighted by atomic mass is 10.1. The van der Waals surface area contributed by atoms with E-state index in [-0.39, 0.29) is 0 Å². The highest BCUT2D eigenvalue weighted by atomic mass is 79.9. The average Bonchev–Trinajstić information content (AvgIpc) is 2.53. The number of carbonyl (C=O) groups excluding carboxylic acids is 1. The van der Waals surface area contributed by atoms with Gasteiger partial charge in [-0.1, -0.05) is 58.4 Å². The second kappa shape index (κ2) is 7.10. The third-order valence-corrected chi connectivity index (χ3v) is 3.50. The van der Waals surface area contributed by atoms with Crippen LogP contribution >= 0.6 is 15.9 Å². The summed E-state index contributed by atoms with van der Waals surface area (Å²) in [5.74, 6) is 0.217. The highest BCUT2D eigenvalue weighted by Crippen LogP contribution is 2.24. The van der Waals surface area contributed by atoms with E-state index in [0.29, 0.717) is 5.75 Å². The van der Waals surface area contributed by atoms with Gasteiger partial charge in [-0.25, -0.2) is 4.79 Å². The van der Waals surface area contributed by atoms with Crippen LogP contribution in [0.5, 0.6) is 5.75 Å². The molecule has 0 bridgehead atoms. The molecule has 0 saturated heterocycles. The molecule has 2 rings (SSSR count). The van der Waals surface area contributed by atoms with Gasteiger partial charge in [0.2, 0.25) is 6.10 Å². The fourth-order valence-electron chi connectivity index (χ4n) is 1.78. The van der Waals surface area contributed by atoms with Crippen molar-refractivity contribution in [3.05, 3.63) is 65.7 Å². The minimum Gasteiger partial charge on any atom is -0.474 e. The Morgan fingerprint density at radius 2 is 1.75 bits per heavy atom. The zero-order chi connectivity index (χ0) is 14.4. The molecule has 20 heavy (non-hydrogen) atoms. The molecule has 0 aliphatic carbocycles. The largest absolute Gasteiger partial charge is 0.474 e. The zero-order valence-corrected chi connectivity index (χ0v) is 12.7. The summed E-state index contributed by atoms with van der Waals surface area (Å²) in [6, 6.07) is 16.9. The van der Waals surface area contributed by atoms with Gasteiger partial charge in [-0.2, -0.15) is 0 Å². The van der Waals surface area contributed by atoms with Crippen LogP contribution in [0.25, 0.3) is 0 Å². The Morgan fingerprint density at radius 3 is 2.30 bits per heavy atom. The van der Waals surface area contributed by atoms with Crippen molar-refractivity contribution in [2.75, 3.05) is 7.11 Å². The van der Waals surface area contributed by atoms with E-state index < -0.39 is 12.1 Å². The first-order chi connectivity index (χ1) is 9.74. The first-order valence-electron chi connectivity index (χ1n) is 6.19. The number of alkyl halides is 1. The number of methoxy groups -OCH3 is 1. The molecule has 0 N–H and O–H groups in total. The lowest BCUT2D eigenvalue weighted by Crippen LogP contribution is -2.20. The maximum Gasteiger partial charge on any atom is 0.351 e. The number of ether oxygens (including phenoxy) is 2. The Balaban J connectivity index is 2.21. The molecule has 1 unspecified atom stereocenters. The first kappa shape index (κ1) is 14.6. The molecule has 3 nitrogen and oxygen atoms in total. The number of esters is 1. The summed E-state index contributed by atoms with van der Waals surface area (Å²) in [7, 11) is 1.36. The number of carbonyl (C=O) groups is 1. The van der Waals surface area contributed by atoms with Crippen molar-refractivity contribution >= 4 is 21.9 Å². The van der Waals surface area contributed by atoms with E-state index in [2.05, 4.69) is 15.9 Å². The van der Waals surface area contributed by atoms with Crippen molar-refractivity contribution < 1.29 is 14.3 Å². The third-order valence-electron chi connectivity index (χ3n) is 2.85. The van der Waals surface area contributed by atoms with Crippen LogP contribution in [0.2, 0.25) is 0 Å². The van der Waals surface area contributed by atoms with E-state index in [4.69, 9.17) is 9.47 Å². The Labute approximate surface area is 126 Å². The predicted molar refractivity (Wildman–Crippen MR) is 80.9 cm³/mol. The van der Waals surface area contributed by atoms with Crippen molar-refractivity contribution in [1.29, 1.82) is 0 Å². The highest BCUT2D eigenvalue weighted by molar-refractivity contribution is 9.08. The summed E-state index contributed by atoms with van der Waals surface area (Å²) < 4.78 is 10.6. The first-order valence-corrected chi connectivity index (χ1v) is 7.31. The Hall–Kier alpha value is -1.81. The van der Waals surface area contributed by atoms with Crippen molar-refractivity contribution in [2.24, 2.45) is 0 Å². The van der Waals surface area contributed by atoms with Gasteiger partial charge in [0.1, 0.15) is 5.75 Å². The fraction of sp³-hybridized carbons (Fsp3) is 0.188. The van der Waals surface area contributed by atoms with Crippen LogP contribution in [-0.4, -0.2) is 13.1 Å². The summed E-state index contributed by atoms with van der Waals surface area (Å²) in [6.45, 7) is 0. The average molecular weight is 335 g/mol. The number of benzene rings is 2. The summed E-state index contributed by atoms with van der Waals surface area (Å²) in [5, 5.41) is 0.784. The summed E-state index contributed by atoms with van der Waals surface area (Å²) >= 11 is 3.39. The topological polar surface area (TPSA) is 35.5 Å². The van der Waals surface area contributed by atoms with E-state index in [1.807, 2.05) is 54.6 Å². The smallest absolute Gasteiger partial charge is 0.351 e. The van der Waals surface area contributed by atoms with Crippen molar-refractivity contribution in [3.8, 4) is 5.75 Å². The van der Waals surface area contributed by atoms with Crippen LogP contribution in [0.4, 0.5) is 0 Å². The second-order valence-electron chi connectivity index (χ2n) is 4.21. The minimum atomic E-state index is -0.754. The molecular weight excluding hydrogens is 320 g/mol. The Morgan fingerprint density at radius 1 is 1.10 bits per heavy atom. The number of hydrogen-bond donors (Lipinski definition) is 0. The molecule has 0 saturated carbocycles. The molecule has 1 atom stereocenters. The van der Waals surface area contributed by atoms with Crippen molar-refractivity contribution in [3.63, 3.8) is 0 Å². The SMILES string of the molecule is COC(=O)C(Oc1ccc(CBr)cc1)c1ccccc1. The molecule has 104 valence electrons. The number of hydrogen-bond acceptors (Lipinski definition) is 3. The van der Waals surface area contributed by atoms with Crippen LogP contribution in [0.15, 0.2) is 54.6 Å². The molecule has 2 aromatic rings. The number of rotatable bonds is 5. The standard InChI is InChI=1S/C16H15BrO3/c1-19-16(18)15(13-5-3-2-4-6-13)20-14-9-7-12(11-17)8-10-14/h2-10,15H,11H2,1H3. The summed E-state index contributed by atoms with van der Waals surface area (Å²) in [6.07, 6.45) is -0.754. The maximum absolute atomic E-state index is 11.9. The Bertz CT molecular complexity index is 552. The normalized spacial score (nSPS) is 11.7. The van der Waals surface area contributed by atoms with E-state index in [1.165, 1.54) is 7.11 Å². The zero-order valence-electron chi connectivity index (χ0n) is 11.1. The molecule has 0 radical (unpaired) electrons. The lowest BCUT2D eigenvalue weighted by molar-refractivity contribution is -0.149. The molecule has 0 amide bonds. The van der Waals surface area contributed by atoms with Gasteiger partial charge in [-0.15, -0.1) is 0 Å². The molecule has 4 heteroatoms. The Kier molecular flexibility index (Phi) is 5.18. The van der Waals surface area contributed by atoms with Crippen LogP contribution in [0.3, 0.4) is 0 Å². The molecule has 0 fully saturated rings.